The van der Waals surface area contributed by atoms with Gasteiger partial charge in [-0.05, 0) is 33.3 Å². The Morgan fingerprint density at radius 2 is 2.30 bits per heavy atom. The van der Waals surface area contributed by atoms with Crippen molar-refractivity contribution in [1.82, 2.24) is 0 Å². The highest BCUT2D eigenvalue weighted by atomic mass is 79.9. The van der Waals surface area contributed by atoms with Gasteiger partial charge in [0.2, 0.25) is 0 Å². The van der Waals surface area contributed by atoms with Gasteiger partial charge in [0.05, 0.1) is 0 Å². The third kappa shape index (κ3) is 1.63. The summed E-state index contributed by atoms with van der Waals surface area (Å²) < 4.78 is 1.29. The number of aryl methyl sites for hydroxylation is 1. The van der Waals surface area contributed by atoms with E-state index in [1.807, 2.05) is 0 Å². The zero-order chi connectivity index (χ0) is 7.56. The van der Waals surface area contributed by atoms with Crippen LogP contribution in [0.25, 0.3) is 0 Å². The van der Waals surface area contributed by atoms with Crippen LogP contribution < -0.4 is 0 Å². The monoisotopic (exact) mass is 282 g/mol. The summed E-state index contributed by atoms with van der Waals surface area (Å²) in [5.41, 5.74) is 1.42. The Hall–Kier alpha value is 0.660. The number of alkyl halides is 1. The molecule has 0 saturated heterocycles. The van der Waals surface area contributed by atoms with Crippen molar-refractivity contribution >= 4 is 43.2 Å². The maximum Gasteiger partial charge on any atom is 0.0388 e. The van der Waals surface area contributed by atoms with Gasteiger partial charge in [-0.15, -0.1) is 11.3 Å². The highest BCUT2D eigenvalue weighted by Crippen LogP contribution is 2.30. The van der Waals surface area contributed by atoms with Crippen LogP contribution >= 0.6 is 43.2 Å². The van der Waals surface area contributed by atoms with Crippen molar-refractivity contribution in [2.24, 2.45) is 0 Å². The first-order valence-electron chi connectivity index (χ1n) is 3.10. The second-order valence-electron chi connectivity index (χ2n) is 1.99. The second-order valence-corrected chi connectivity index (χ2v) is 4.30. The van der Waals surface area contributed by atoms with Gasteiger partial charge in [0, 0.05) is 14.7 Å². The molecule has 0 aliphatic rings. The first kappa shape index (κ1) is 8.75. The smallest absolute Gasteiger partial charge is 0.0388 e. The predicted molar refractivity (Wildman–Crippen MR) is 54.0 cm³/mol. The van der Waals surface area contributed by atoms with Gasteiger partial charge >= 0.3 is 0 Å². The fourth-order valence-electron chi connectivity index (χ4n) is 0.754. The number of hydrogen-bond acceptors (Lipinski definition) is 1. The summed E-state index contributed by atoms with van der Waals surface area (Å²) in [6.45, 7) is 2.17. The Kier molecular flexibility index (Phi) is 3.40. The molecule has 3 heteroatoms. The number of hydrogen-bond donors (Lipinski definition) is 0. The standard InChI is InChI=1S/C7H8Br2S/c1-2-5-4-10-6(3-8)7(5)9/h4H,2-3H2,1H3. The Balaban J connectivity index is 2.97. The summed E-state index contributed by atoms with van der Waals surface area (Å²) in [5.74, 6) is 0. The Morgan fingerprint density at radius 1 is 1.60 bits per heavy atom. The van der Waals surface area contributed by atoms with E-state index in [-0.39, 0.29) is 0 Å². The minimum Gasteiger partial charge on any atom is -0.147 e. The van der Waals surface area contributed by atoms with Crippen LogP contribution in [-0.2, 0) is 11.8 Å². The van der Waals surface area contributed by atoms with E-state index in [0.29, 0.717) is 0 Å². The summed E-state index contributed by atoms with van der Waals surface area (Å²) in [4.78, 5) is 1.39. The molecule has 1 aromatic heterocycles. The minimum atomic E-state index is 0.957. The SMILES string of the molecule is CCc1csc(CBr)c1Br. The maximum absolute atomic E-state index is 3.55. The molecule has 0 aliphatic carbocycles. The molecule has 0 amide bonds. The van der Waals surface area contributed by atoms with E-state index in [1.54, 1.807) is 11.3 Å². The third-order valence-corrected chi connectivity index (χ3v) is 4.59. The van der Waals surface area contributed by atoms with Crippen LogP contribution in [0.2, 0.25) is 0 Å². The molecule has 0 aromatic carbocycles. The van der Waals surface area contributed by atoms with Crippen LogP contribution in [0.5, 0.6) is 0 Å². The van der Waals surface area contributed by atoms with Gasteiger partial charge in [0.1, 0.15) is 0 Å². The molecule has 0 unspecified atom stereocenters. The van der Waals surface area contributed by atoms with E-state index >= 15 is 0 Å². The topological polar surface area (TPSA) is 0 Å². The lowest BCUT2D eigenvalue weighted by Gasteiger charge is -1.92. The van der Waals surface area contributed by atoms with Gasteiger partial charge in [-0.2, -0.15) is 0 Å². The Morgan fingerprint density at radius 3 is 2.60 bits per heavy atom. The molecule has 0 atom stereocenters. The highest BCUT2D eigenvalue weighted by Gasteiger charge is 2.04. The largest absolute Gasteiger partial charge is 0.147 e. The summed E-state index contributed by atoms with van der Waals surface area (Å²) in [6.07, 6.45) is 1.12. The Labute approximate surface area is 81.9 Å². The molecule has 0 bridgehead atoms. The van der Waals surface area contributed by atoms with E-state index in [9.17, 15) is 0 Å². The number of halogens is 2. The van der Waals surface area contributed by atoms with E-state index in [2.05, 4.69) is 44.2 Å². The van der Waals surface area contributed by atoms with Crippen LogP contribution in [0.15, 0.2) is 9.85 Å². The van der Waals surface area contributed by atoms with Crippen LogP contribution in [0.4, 0.5) is 0 Å². The lowest BCUT2D eigenvalue weighted by molar-refractivity contribution is 1.14. The van der Waals surface area contributed by atoms with Crippen molar-refractivity contribution in [3.63, 3.8) is 0 Å². The fraction of sp³-hybridized carbons (Fsp3) is 0.429. The van der Waals surface area contributed by atoms with Gasteiger partial charge in [-0.1, -0.05) is 22.9 Å². The summed E-state index contributed by atoms with van der Waals surface area (Å²) >= 11 is 8.79. The van der Waals surface area contributed by atoms with E-state index in [4.69, 9.17) is 0 Å². The molecular weight excluding hydrogens is 276 g/mol. The van der Waals surface area contributed by atoms with Crippen molar-refractivity contribution in [3.05, 3.63) is 20.3 Å². The minimum absolute atomic E-state index is 0.957. The summed E-state index contributed by atoms with van der Waals surface area (Å²) in [5, 5.41) is 3.17. The zero-order valence-electron chi connectivity index (χ0n) is 5.66. The normalized spacial score (nSPS) is 10.3. The molecule has 1 rings (SSSR count). The van der Waals surface area contributed by atoms with Gasteiger partial charge < -0.3 is 0 Å². The number of thiophene rings is 1. The molecule has 1 heterocycles. The molecule has 0 saturated carbocycles. The fourth-order valence-corrected chi connectivity index (χ4v) is 3.64. The van der Waals surface area contributed by atoms with Gasteiger partial charge in [-0.3, -0.25) is 0 Å². The molecule has 0 radical (unpaired) electrons. The van der Waals surface area contributed by atoms with E-state index < -0.39 is 0 Å². The molecular formula is C7H8Br2S. The maximum atomic E-state index is 3.55. The second kappa shape index (κ2) is 3.88. The molecule has 1 aromatic rings. The van der Waals surface area contributed by atoms with Crippen LogP contribution in [0.1, 0.15) is 17.4 Å². The molecule has 0 nitrogen and oxygen atoms in total. The van der Waals surface area contributed by atoms with E-state index in [0.717, 1.165) is 11.8 Å². The van der Waals surface area contributed by atoms with Crippen LogP contribution in [0, 0.1) is 0 Å². The predicted octanol–water partition coefficient (Wildman–Crippen LogP) is 3.97. The third-order valence-electron chi connectivity index (χ3n) is 1.37. The van der Waals surface area contributed by atoms with Crippen LogP contribution in [-0.4, -0.2) is 0 Å². The molecule has 10 heavy (non-hydrogen) atoms. The summed E-state index contributed by atoms with van der Waals surface area (Å²) in [6, 6.07) is 0. The van der Waals surface area contributed by atoms with Crippen molar-refractivity contribution < 1.29 is 0 Å². The lowest BCUT2D eigenvalue weighted by Crippen LogP contribution is -1.76. The Bertz CT molecular complexity index is 196. The first-order chi connectivity index (χ1) is 4.79. The van der Waals surface area contributed by atoms with E-state index in [1.165, 1.54) is 14.9 Å². The van der Waals surface area contributed by atoms with Crippen molar-refractivity contribution in [2.75, 3.05) is 0 Å². The molecule has 0 N–H and O–H groups in total. The molecule has 0 spiro atoms. The average Bonchev–Trinajstić information content (AvgIpc) is 2.30. The van der Waals surface area contributed by atoms with Crippen molar-refractivity contribution in [3.8, 4) is 0 Å². The molecule has 0 aliphatic heterocycles. The average molecular weight is 284 g/mol. The van der Waals surface area contributed by atoms with Gasteiger partial charge in [0.25, 0.3) is 0 Å². The zero-order valence-corrected chi connectivity index (χ0v) is 9.64. The highest BCUT2D eigenvalue weighted by molar-refractivity contribution is 9.11. The van der Waals surface area contributed by atoms with Crippen molar-refractivity contribution in [1.29, 1.82) is 0 Å². The molecule has 0 fully saturated rings. The molecule has 56 valence electrons. The van der Waals surface area contributed by atoms with Gasteiger partial charge in [-0.25, -0.2) is 0 Å². The number of rotatable bonds is 2. The summed E-state index contributed by atoms with van der Waals surface area (Å²) in [7, 11) is 0. The first-order valence-corrected chi connectivity index (χ1v) is 5.89. The lowest BCUT2D eigenvalue weighted by atomic mass is 10.2. The van der Waals surface area contributed by atoms with Crippen molar-refractivity contribution in [2.45, 2.75) is 18.7 Å². The van der Waals surface area contributed by atoms with Crippen LogP contribution in [0.3, 0.4) is 0 Å². The van der Waals surface area contributed by atoms with Gasteiger partial charge in [0.15, 0.2) is 0 Å². The quantitative estimate of drug-likeness (QED) is 0.721.